The van der Waals surface area contributed by atoms with E-state index in [0.717, 1.165) is 13.0 Å². The molecule has 0 aliphatic heterocycles. The van der Waals surface area contributed by atoms with Crippen LogP contribution in [0.15, 0.2) is 0 Å². The molecule has 0 radical (unpaired) electrons. The minimum atomic E-state index is 0.438. The second kappa shape index (κ2) is 5.88. The van der Waals surface area contributed by atoms with Crippen LogP contribution in [0.5, 0.6) is 0 Å². The summed E-state index contributed by atoms with van der Waals surface area (Å²) in [6.45, 7) is 5.39. The summed E-state index contributed by atoms with van der Waals surface area (Å²) >= 11 is 0. The number of carbonyl (C=O) groups is 1. The zero-order valence-corrected chi connectivity index (χ0v) is 11.5. The molecule has 0 aromatic carbocycles. The van der Waals surface area contributed by atoms with E-state index in [1.54, 1.807) is 0 Å². The van der Waals surface area contributed by atoms with Gasteiger partial charge in [-0.25, -0.2) is 0 Å². The smallest absolute Gasteiger partial charge is 0.223 e. The van der Waals surface area contributed by atoms with Gasteiger partial charge in [0.15, 0.2) is 0 Å². The van der Waals surface area contributed by atoms with Gasteiger partial charge < -0.3 is 4.90 Å². The van der Waals surface area contributed by atoms with Crippen LogP contribution in [0.4, 0.5) is 0 Å². The van der Waals surface area contributed by atoms with Crippen molar-refractivity contribution in [3.63, 3.8) is 0 Å². The summed E-state index contributed by atoms with van der Waals surface area (Å²) in [6, 6.07) is 0.591. The molecule has 2 fully saturated rings. The number of rotatable bonds is 5. The second-order valence-corrected chi connectivity index (χ2v) is 6.38. The Kier molecular flexibility index (Phi) is 4.47. The van der Waals surface area contributed by atoms with Gasteiger partial charge in [0.1, 0.15) is 0 Å². The molecule has 2 nitrogen and oxygen atoms in total. The quantitative estimate of drug-likeness (QED) is 0.715. The molecule has 2 aliphatic carbocycles. The largest absolute Gasteiger partial charge is 0.339 e. The first-order valence-electron chi connectivity index (χ1n) is 7.46. The Balaban J connectivity index is 1.82. The molecule has 0 aromatic rings. The molecule has 2 rings (SSSR count). The average molecular weight is 237 g/mol. The predicted molar refractivity (Wildman–Crippen MR) is 70.8 cm³/mol. The van der Waals surface area contributed by atoms with Gasteiger partial charge in [-0.2, -0.15) is 0 Å². The highest BCUT2D eigenvalue weighted by Crippen LogP contribution is 2.31. The zero-order chi connectivity index (χ0) is 12.3. The van der Waals surface area contributed by atoms with Gasteiger partial charge in [0.25, 0.3) is 0 Å². The van der Waals surface area contributed by atoms with E-state index in [2.05, 4.69) is 18.7 Å². The molecule has 1 amide bonds. The summed E-state index contributed by atoms with van der Waals surface area (Å²) in [7, 11) is 0. The molecule has 17 heavy (non-hydrogen) atoms. The van der Waals surface area contributed by atoms with Crippen LogP contribution in [0.25, 0.3) is 0 Å². The molecule has 0 atom stereocenters. The van der Waals surface area contributed by atoms with Crippen LogP contribution in [-0.2, 0) is 4.79 Å². The van der Waals surface area contributed by atoms with E-state index in [0.29, 0.717) is 23.8 Å². The molecule has 0 heterocycles. The molecular weight excluding hydrogens is 210 g/mol. The molecule has 0 unspecified atom stereocenters. The number of hydrogen-bond donors (Lipinski definition) is 0. The normalized spacial score (nSPS) is 21.8. The first kappa shape index (κ1) is 12.9. The number of nitrogens with zero attached hydrogens (tertiary/aromatic N) is 1. The summed E-state index contributed by atoms with van der Waals surface area (Å²) in [5.41, 5.74) is 0. The fourth-order valence-corrected chi connectivity index (χ4v) is 2.99. The maximum Gasteiger partial charge on any atom is 0.223 e. The Morgan fingerprint density at radius 3 is 2.29 bits per heavy atom. The minimum absolute atomic E-state index is 0.438. The zero-order valence-electron chi connectivity index (χ0n) is 11.5. The standard InChI is InChI=1S/C15H27NO/c1-12(2)11-16(14-8-9-14)15(17)10-13-6-4-3-5-7-13/h12-14H,3-11H2,1-2H3. The van der Waals surface area contributed by atoms with Gasteiger partial charge >= 0.3 is 0 Å². The van der Waals surface area contributed by atoms with E-state index in [9.17, 15) is 4.79 Å². The lowest BCUT2D eigenvalue weighted by atomic mass is 9.86. The predicted octanol–water partition coefficient (Wildman–Crippen LogP) is 3.60. The molecule has 0 saturated heterocycles. The summed E-state index contributed by atoms with van der Waals surface area (Å²) in [5, 5.41) is 0. The summed E-state index contributed by atoms with van der Waals surface area (Å²) in [5.74, 6) is 1.73. The highest BCUT2D eigenvalue weighted by molar-refractivity contribution is 5.77. The molecule has 2 aliphatic rings. The molecule has 0 bridgehead atoms. The lowest BCUT2D eigenvalue weighted by Crippen LogP contribution is -2.37. The van der Waals surface area contributed by atoms with Gasteiger partial charge in [-0.15, -0.1) is 0 Å². The van der Waals surface area contributed by atoms with E-state index in [4.69, 9.17) is 0 Å². The number of carbonyl (C=O) groups excluding carboxylic acids is 1. The monoisotopic (exact) mass is 237 g/mol. The van der Waals surface area contributed by atoms with Gasteiger partial charge in [-0.3, -0.25) is 4.79 Å². The first-order chi connectivity index (χ1) is 8.16. The fraction of sp³-hybridized carbons (Fsp3) is 0.933. The molecule has 2 heteroatoms. The van der Waals surface area contributed by atoms with Crippen molar-refractivity contribution in [2.75, 3.05) is 6.54 Å². The molecule has 0 aromatic heterocycles. The van der Waals surface area contributed by atoms with Gasteiger partial charge in [0.2, 0.25) is 5.91 Å². The van der Waals surface area contributed by atoms with Gasteiger partial charge in [-0.1, -0.05) is 33.1 Å². The van der Waals surface area contributed by atoms with Crippen LogP contribution in [0, 0.1) is 11.8 Å². The third-order valence-corrected chi connectivity index (χ3v) is 4.06. The number of amides is 1. The van der Waals surface area contributed by atoms with Crippen molar-refractivity contribution in [2.45, 2.75) is 71.3 Å². The van der Waals surface area contributed by atoms with E-state index < -0.39 is 0 Å². The Labute approximate surface area is 106 Å². The van der Waals surface area contributed by atoms with Crippen molar-refractivity contribution in [2.24, 2.45) is 11.8 Å². The van der Waals surface area contributed by atoms with Crippen molar-refractivity contribution < 1.29 is 4.79 Å². The maximum atomic E-state index is 12.4. The van der Waals surface area contributed by atoms with Crippen LogP contribution in [0.3, 0.4) is 0 Å². The second-order valence-electron chi connectivity index (χ2n) is 6.38. The Bertz CT molecular complexity index is 252. The summed E-state index contributed by atoms with van der Waals surface area (Å²) in [6.07, 6.45) is 9.92. The van der Waals surface area contributed by atoms with Crippen LogP contribution in [-0.4, -0.2) is 23.4 Å². The fourth-order valence-electron chi connectivity index (χ4n) is 2.99. The van der Waals surface area contributed by atoms with Crippen LogP contribution >= 0.6 is 0 Å². The molecule has 2 saturated carbocycles. The molecule has 98 valence electrons. The van der Waals surface area contributed by atoms with E-state index in [1.807, 2.05) is 0 Å². The van der Waals surface area contributed by atoms with Crippen molar-refractivity contribution in [1.82, 2.24) is 4.90 Å². The molecular formula is C15H27NO. The van der Waals surface area contributed by atoms with Gasteiger partial charge in [0.05, 0.1) is 0 Å². The highest BCUT2D eigenvalue weighted by atomic mass is 16.2. The van der Waals surface area contributed by atoms with Crippen LogP contribution < -0.4 is 0 Å². The van der Waals surface area contributed by atoms with Crippen molar-refractivity contribution in [3.05, 3.63) is 0 Å². The highest BCUT2D eigenvalue weighted by Gasteiger charge is 2.33. The maximum absolute atomic E-state index is 12.4. The minimum Gasteiger partial charge on any atom is -0.339 e. The molecule has 0 N–H and O–H groups in total. The van der Waals surface area contributed by atoms with E-state index in [1.165, 1.54) is 44.9 Å². The SMILES string of the molecule is CC(C)CN(C(=O)CC1CCCCC1)C1CC1. The average Bonchev–Trinajstić information content (AvgIpc) is 3.10. The number of hydrogen-bond acceptors (Lipinski definition) is 1. The lowest BCUT2D eigenvalue weighted by Gasteiger charge is -2.28. The lowest BCUT2D eigenvalue weighted by molar-refractivity contribution is -0.133. The van der Waals surface area contributed by atoms with Gasteiger partial charge in [0, 0.05) is 19.0 Å². The third-order valence-electron chi connectivity index (χ3n) is 4.06. The van der Waals surface area contributed by atoms with E-state index in [-0.39, 0.29) is 0 Å². The Morgan fingerprint density at radius 1 is 1.12 bits per heavy atom. The van der Waals surface area contributed by atoms with E-state index >= 15 is 0 Å². The Hall–Kier alpha value is -0.530. The summed E-state index contributed by atoms with van der Waals surface area (Å²) in [4.78, 5) is 14.5. The van der Waals surface area contributed by atoms with Crippen molar-refractivity contribution >= 4 is 5.91 Å². The topological polar surface area (TPSA) is 20.3 Å². The Morgan fingerprint density at radius 2 is 1.76 bits per heavy atom. The van der Waals surface area contributed by atoms with Crippen molar-refractivity contribution in [1.29, 1.82) is 0 Å². The van der Waals surface area contributed by atoms with Crippen molar-refractivity contribution in [3.8, 4) is 0 Å². The van der Waals surface area contributed by atoms with Crippen LogP contribution in [0.1, 0.15) is 65.2 Å². The van der Waals surface area contributed by atoms with Gasteiger partial charge in [-0.05, 0) is 37.5 Å². The molecule has 0 spiro atoms. The third kappa shape index (κ3) is 4.01. The summed E-state index contributed by atoms with van der Waals surface area (Å²) < 4.78 is 0. The van der Waals surface area contributed by atoms with Crippen LogP contribution in [0.2, 0.25) is 0 Å². The first-order valence-corrected chi connectivity index (χ1v) is 7.46.